The van der Waals surface area contributed by atoms with Gasteiger partial charge >= 0.3 is 0 Å². The smallest absolute Gasteiger partial charge is 0.237 e. The molecule has 28 heavy (non-hydrogen) atoms. The minimum atomic E-state index is -2.52. The van der Waals surface area contributed by atoms with E-state index in [1.807, 2.05) is 0 Å². The lowest BCUT2D eigenvalue weighted by molar-refractivity contribution is 0.768. The lowest BCUT2D eigenvalue weighted by atomic mass is 11.0. The largest absolute Gasteiger partial charge is 0.239 e. The van der Waals surface area contributed by atoms with Gasteiger partial charge in [-0.2, -0.15) is 18.1 Å². The topological polar surface area (TPSA) is 67.5 Å². The molecule has 0 radical (unpaired) electrons. The zero-order chi connectivity index (χ0) is 18.8. The third-order valence-electron chi connectivity index (χ3n) is 5.71. The average Bonchev–Trinajstić information content (AvgIpc) is 3.48. The normalized spacial score (nSPS) is 44.9. The minimum absolute atomic E-state index is 0.984. The van der Waals surface area contributed by atoms with Crippen molar-refractivity contribution in [1.29, 1.82) is 0 Å². The molecule has 156 valence electrons. The van der Waals surface area contributed by atoms with Crippen molar-refractivity contribution in [2.75, 3.05) is 78.5 Å². The summed E-state index contributed by atoms with van der Waals surface area (Å²) in [6.45, 7) is 7.15. The summed E-state index contributed by atoms with van der Waals surface area (Å²) in [5, 5.41) is 0. The fraction of sp³-hybridized carbons (Fsp3) is 1.00. The molecule has 7 heterocycles. The summed E-state index contributed by atoms with van der Waals surface area (Å²) in [7, 11) is -4.54. The van der Waals surface area contributed by atoms with E-state index in [1.54, 1.807) is 0 Å². The van der Waals surface area contributed by atoms with Crippen LogP contribution in [0.1, 0.15) is 0 Å². The molecule has 6 saturated heterocycles. The SMILES string of the molecule is Cl[P@@]1(N2CC2)=NP(N2CC2)(N2CC2)=N[P@@](Cl)(N2CC2)=NP(N2CC2)(N2CC2)=N1. The van der Waals surface area contributed by atoms with Crippen molar-refractivity contribution < 1.29 is 0 Å². The van der Waals surface area contributed by atoms with Crippen LogP contribution in [0.3, 0.4) is 0 Å². The molecule has 6 fully saturated rings. The predicted octanol–water partition coefficient (Wildman–Crippen LogP) is 4.16. The molecule has 0 bridgehead atoms. The number of halogens is 2. The van der Waals surface area contributed by atoms with Gasteiger partial charge in [0.05, 0.1) is 0 Å². The summed E-state index contributed by atoms with van der Waals surface area (Å²) < 4.78 is 36.1. The Morgan fingerprint density at radius 2 is 0.643 bits per heavy atom. The van der Waals surface area contributed by atoms with Gasteiger partial charge < -0.3 is 0 Å². The van der Waals surface area contributed by atoms with Gasteiger partial charge in [0, 0.05) is 78.5 Å². The van der Waals surface area contributed by atoms with Gasteiger partial charge in [-0.1, -0.05) is 0 Å². The Kier molecular flexibility index (Phi) is 4.01. The maximum absolute atomic E-state index is 7.38. The summed E-state index contributed by atoms with van der Waals surface area (Å²) >= 11 is 14.8. The molecule has 7 aliphatic heterocycles. The highest BCUT2D eigenvalue weighted by molar-refractivity contribution is 7.99. The molecule has 16 heteroatoms. The van der Waals surface area contributed by atoms with Gasteiger partial charge in [-0.3, -0.25) is 0 Å². The van der Waals surface area contributed by atoms with Crippen LogP contribution in [0.2, 0.25) is 0 Å². The van der Waals surface area contributed by atoms with Gasteiger partial charge in [0.1, 0.15) is 0 Å². The first kappa shape index (κ1) is 18.8. The highest BCUT2D eigenvalue weighted by Gasteiger charge is 2.56. The van der Waals surface area contributed by atoms with Gasteiger partial charge in [-0.15, -0.1) is 0 Å². The summed E-state index contributed by atoms with van der Waals surface area (Å²) in [6.07, 6.45) is 0. The Bertz CT molecular complexity index is 863. The van der Waals surface area contributed by atoms with Crippen LogP contribution in [0.25, 0.3) is 0 Å². The molecule has 0 unspecified atom stereocenters. The van der Waals surface area contributed by atoms with Gasteiger partial charge in [0.15, 0.2) is 0 Å². The molecule has 0 aromatic heterocycles. The molecule has 0 aromatic rings. The van der Waals surface area contributed by atoms with Crippen LogP contribution < -0.4 is 0 Å². The minimum Gasteiger partial charge on any atom is -0.237 e. The monoisotopic (exact) mass is 502 g/mol. The van der Waals surface area contributed by atoms with E-state index < -0.39 is 28.4 Å². The molecular formula is C12H24Cl2N10P4. The van der Waals surface area contributed by atoms with E-state index in [2.05, 4.69) is 28.0 Å². The maximum Gasteiger partial charge on any atom is 0.239 e. The van der Waals surface area contributed by atoms with Crippen LogP contribution in [0.5, 0.6) is 0 Å². The second kappa shape index (κ2) is 5.98. The number of hydrogen-bond donors (Lipinski definition) is 0. The molecular weight excluding hydrogens is 479 g/mol. The van der Waals surface area contributed by atoms with Gasteiger partial charge in [-0.25, -0.2) is 28.0 Å². The second-order valence-electron chi connectivity index (χ2n) is 8.14. The third-order valence-corrected chi connectivity index (χ3v) is 23.8. The van der Waals surface area contributed by atoms with Crippen LogP contribution in [0.4, 0.5) is 0 Å². The van der Waals surface area contributed by atoms with Crippen molar-refractivity contribution >= 4 is 50.9 Å². The molecule has 0 N–H and O–H groups in total. The maximum atomic E-state index is 7.38. The lowest BCUT2D eigenvalue weighted by Crippen LogP contribution is -2.08. The number of rotatable bonds is 6. The van der Waals surface area contributed by atoms with Crippen LogP contribution in [0.15, 0.2) is 18.1 Å². The van der Waals surface area contributed by atoms with E-state index in [4.69, 9.17) is 40.5 Å². The van der Waals surface area contributed by atoms with Crippen molar-refractivity contribution in [3.8, 4) is 0 Å². The quantitative estimate of drug-likeness (QED) is 0.401. The molecule has 7 rings (SSSR count). The molecule has 7 aliphatic rings. The molecule has 2 atom stereocenters. The van der Waals surface area contributed by atoms with Gasteiger partial charge in [0.2, 0.25) is 28.4 Å². The number of nitrogens with zero attached hydrogens (tertiary/aromatic N) is 10. The number of hydrogen-bond acceptors (Lipinski definition) is 10. The third kappa shape index (κ3) is 2.99. The van der Waals surface area contributed by atoms with E-state index in [-0.39, 0.29) is 0 Å². The average molecular weight is 503 g/mol. The fourth-order valence-corrected chi connectivity index (χ4v) is 24.3. The second-order valence-corrected chi connectivity index (χ2v) is 21.2. The van der Waals surface area contributed by atoms with E-state index in [0.29, 0.717) is 0 Å². The Morgan fingerprint density at radius 1 is 0.393 bits per heavy atom. The van der Waals surface area contributed by atoms with Crippen LogP contribution in [0, 0.1) is 0 Å². The molecule has 0 aliphatic carbocycles. The van der Waals surface area contributed by atoms with Gasteiger partial charge in [0.25, 0.3) is 0 Å². The summed E-state index contributed by atoms with van der Waals surface area (Å²) in [4.78, 5) is 0. The summed E-state index contributed by atoms with van der Waals surface area (Å²) in [5.74, 6) is 0. The fourth-order valence-electron chi connectivity index (χ4n) is 3.57. The predicted molar refractivity (Wildman–Crippen MR) is 119 cm³/mol. The first-order chi connectivity index (χ1) is 13.5. The Morgan fingerprint density at radius 3 is 0.857 bits per heavy atom. The standard InChI is InChI=1S/C12H24Cl2N10P4/c13-25(19-1-2-19)15-27(21-5-6-21,22-7-8-22)17-26(14,20-3-4-20)18-28(16-25,23-9-10-23)24-11-12-24/h1-12H2/t25-,26-. The van der Waals surface area contributed by atoms with E-state index in [1.165, 1.54) is 0 Å². The molecule has 0 spiro atoms. The Labute approximate surface area is 175 Å². The molecule has 10 nitrogen and oxygen atoms in total. The zero-order valence-electron chi connectivity index (χ0n) is 15.5. The Balaban J connectivity index is 1.54. The summed E-state index contributed by atoms with van der Waals surface area (Å²) in [6, 6.07) is 0. The first-order valence-corrected chi connectivity index (χ1v) is 18.2. The molecule has 0 aromatic carbocycles. The first-order valence-electron chi connectivity index (χ1n) is 9.93. The van der Waals surface area contributed by atoms with E-state index >= 15 is 0 Å². The highest BCUT2D eigenvalue weighted by Crippen LogP contribution is 2.88. The van der Waals surface area contributed by atoms with E-state index in [9.17, 15) is 0 Å². The zero-order valence-corrected chi connectivity index (χ0v) is 20.6. The van der Waals surface area contributed by atoms with Crippen molar-refractivity contribution in [2.24, 2.45) is 18.1 Å². The van der Waals surface area contributed by atoms with Gasteiger partial charge in [-0.05, 0) is 22.5 Å². The van der Waals surface area contributed by atoms with E-state index in [0.717, 1.165) is 78.5 Å². The van der Waals surface area contributed by atoms with Crippen molar-refractivity contribution in [2.45, 2.75) is 0 Å². The highest BCUT2D eigenvalue weighted by atomic mass is 35.7. The lowest BCUT2D eigenvalue weighted by Gasteiger charge is -2.34. The Hall–Kier alpha value is 1.26. The summed E-state index contributed by atoms with van der Waals surface area (Å²) in [5.41, 5.74) is 0. The van der Waals surface area contributed by atoms with Crippen LogP contribution >= 0.6 is 50.9 Å². The van der Waals surface area contributed by atoms with Crippen LogP contribution in [-0.4, -0.2) is 107 Å². The van der Waals surface area contributed by atoms with Crippen molar-refractivity contribution in [1.82, 2.24) is 28.0 Å². The van der Waals surface area contributed by atoms with Crippen molar-refractivity contribution in [3.05, 3.63) is 0 Å². The van der Waals surface area contributed by atoms with Crippen molar-refractivity contribution in [3.63, 3.8) is 0 Å². The van der Waals surface area contributed by atoms with Crippen LogP contribution in [-0.2, 0) is 0 Å². The molecule has 0 amide bonds. The molecule has 0 saturated carbocycles.